The number of likely N-dealkylation sites (N-methyl/N-ethyl adjacent to an activating group) is 2. The maximum Gasteiger partial charge on any atom is 0.0106 e. The van der Waals surface area contributed by atoms with Crippen LogP contribution in [-0.4, -0.2) is 50.6 Å². The summed E-state index contributed by atoms with van der Waals surface area (Å²) in [5.74, 6) is 0. The Labute approximate surface area is 146 Å². The van der Waals surface area contributed by atoms with E-state index < -0.39 is 0 Å². The standard InChI is InChI=1S/C12H18.C7H18N2.C2H6/c1-3-4-5-6-12-9-7-11(2)8-10-12;1-5-9(4)7-6-8(2)3;1-2/h7-10H,3-6H2,1-2H3;5-7H2,1-4H3;1-2H3. The molecule has 1 aromatic rings. The Hall–Kier alpha value is -0.860. The minimum absolute atomic E-state index is 1.15. The largest absolute Gasteiger partial charge is 0.308 e. The van der Waals surface area contributed by atoms with Crippen molar-refractivity contribution in [3.05, 3.63) is 35.4 Å². The van der Waals surface area contributed by atoms with Crippen molar-refractivity contribution < 1.29 is 0 Å². The lowest BCUT2D eigenvalue weighted by Gasteiger charge is -2.16. The lowest BCUT2D eigenvalue weighted by molar-refractivity contribution is 0.292. The molecule has 0 atom stereocenters. The minimum atomic E-state index is 1.15. The van der Waals surface area contributed by atoms with E-state index in [2.05, 4.69) is 76.0 Å². The number of aryl methyl sites for hydroxylation is 2. The molecular weight excluding hydrogens is 280 g/mol. The molecule has 23 heavy (non-hydrogen) atoms. The molecule has 0 spiro atoms. The van der Waals surface area contributed by atoms with Crippen molar-refractivity contribution in [1.29, 1.82) is 0 Å². The molecule has 0 fully saturated rings. The lowest BCUT2D eigenvalue weighted by atomic mass is 10.1. The first kappa shape index (κ1) is 24.4. The third-order valence-corrected chi connectivity index (χ3v) is 3.66. The summed E-state index contributed by atoms with van der Waals surface area (Å²) in [6.07, 6.45) is 5.24. The van der Waals surface area contributed by atoms with Crippen molar-refractivity contribution in [3.8, 4) is 0 Å². The van der Waals surface area contributed by atoms with Gasteiger partial charge in [0.15, 0.2) is 0 Å². The maximum absolute atomic E-state index is 2.31. The van der Waals surface area contributed by atoms with Crippen LogP contribution in [0.4, 0.5) is 0 Å². The molecule has 0 aromatic heterocycles. The molecule has 0 aliphatic carbocycles. The fourth-order valence-electron chi connectivity index (χ4n) is 1.86. The van der Waals surface area contributed by atoms with Gasteiger partial charge in [0, 0.05) is 13.1 Å². The summed E-state index contributed by atoms with van der Waals surface area (Å²) in [5, 5.41) is 0. The quantitative estimate of drug-likeness (QED) is 0.603. The molecular formula is C21H42N2. The average Bonchev–Trinajstić information content (AvgIpc) is 2.57. The van der Waals surface area contributed by atoms with Crippen molar-refractivity contribution in [2.24, 2.45) is 0 Å². The van der Waals surface area contributed by atoms with Crippen LogP contribution in [0.5, 0.6) is 0 Å². The molecule has 136 valence electrons. The molecule has 0 unspecified atom stereocenters. The van der Waals surface area contributed by atoms with Crippen molar-refractivity contribution in [3.63, 3.8) is 0 Å². The van der Waals surface area contributed by atoms with Crippen LogP contribution in [0.25, 0.3) is 0 Å². The van der Waals surface area contributed by atoms with Crippen LogP contribution in [0.3, 0.4) is 0 Å². The summed E-state index contributed by atoms with van der Waals surface area (Å²) in [6, 6.07) is 8.87. The monoisotopic (exact) mass is 322 g/mol. The summed E-state index contributed by atoms with van der Waals surface area (Å²) in [5.41, 5.74) is 2.84. The Bertz CT molecular complexity index is 330. The lowest BCUT2D eigenvalue weighted by Crippen LogP contribution is -2.28. The van der Waals surface area contributed by atoms with Crippen molar-refractivity contribution in [2.45, 2.75) is 60.3 Å². The molecule has 0 N–H and O–H groups in total. The van der Waals surface area contributed by atoms with Crippen LogP contribution >= 0.6 is 0 Å². The van der Waals surface area contributed by atoms with Gasteiger partial charge < -0.3 is 9.80 Å². The van der Waals surface area contributed by atoms with Gasteiger partial charge >= 0.3 is 0 Å². The van der Waals surface area contributed by atoms with Gasteiger partial charge in [-0.05, 0) is 53.0 Å². The summed E-state index contributed by atoms with van der Waals surface area (Å²) < 4.78 is 0. The average molecular weight is 323 g/mol. The first-order chi connectivity index (χ1) is 11.0. The zero-order valence-electron chi connectivity index (χ0n) is 17.2. The number of rotatable bonds is 8. The summed E-state index contributed by atoms with van der Waals surface area (Å²) in [7, 11) is 6.34. The summed E-state index contributed by atoms with van der Waals surface area (Å²) >= 11 is 0. The Morgan fingerprint density at radius 3 is 1.83 bits per heavy atom. The Balaban J connectivity index is 0. The first-order valence-corrected chi connectivity index (χ1v) is 9.38. The zero-order chi connectivity index (χ0) is 18.1. The highest BCUT2D eigenvalue weighted by Gasteiger charge is 1.93. The molecule has 0 saturated heterocycles. The van der Waals surface area contributed by atoms with Crippen LogP contribution in [0, 0.1) is 6.92 Å². The Kier molecular flexibility index (Phi) is 18.6. The number of nitrogens with zero attached hydrogens (tertiary/aromatic N) is 2. The summed E-state index contributed by atoms with van der Waals surface area (Å²) in [4.78, 5) is 4.51. The van der Waals surface area contributed by atoms with Gasteiger partial charge in [-0.2, -0.15) is 0 Å². The van der Waals surface area contributed by atoms with E-state index in [0.29, 0.717) is 0 Å². The molecule has 1 aromatic carbocycles. The van der Waals surface area contributed by atoms with Gasteiger partial charge in [-0.15, -0.1) is 0 Å². The van der Waals surface area contributed by atoms with Crippen molar-refractivity contribution in [2.75, 3.05) is 40.8 Å². The van der Waals surface area contributed by atoms with Gasteiger partial charge in [-0.3, -0.25) is 0 Å². The molecule has 0 radical (unpaired) electrons. The maximum atomic E-state index is 2.31. The highest BCUT2D eigenvalue weighted by atomic mass is 15.1. The molecule has 2 nitrogen and oxygen atoms in total. The molecule has 0 aliphatic rings. The topological polar surface area (TPSA) is 6.48 Å². The second-order valence-electron chi connectivity index (χ2n) is 6.14. The fraction of sp³-hybridized carbons (Fsp3) is 0.714. The number of hydrogen-bond donors (Lipinski definition) is 0. The van der Waals surface area contributed by atoms with Crippen LogP contribution in [0.1, 0.15) is 58.1 Å². The van der Waals surface area contributed by atoms with Crippen LogP contribution in [-0.2, 0) is 6.42 Å². The molecule has 2 heteroatoms. The van der Waals surface area contributed by atoms with E-state index >= 15 is 0 Å². The Morgan fingerprint density at radius 2 is 1.39 bits per heavy atom. The third kappa shape index (κ3) is 17.3. The zero-order valence-corrected chi connectivity index (χ0v) is 17.2. The minimum Gasteiger partial charge on any atom is -0.308 e. The van der Waals surface area contributed by atoms with E-state index in [9.17, 15) is 0 Å². The smallest absolute Gasteiger partial charge is 0.0106 e. The Morgan fingerprint density at radius 1 is 0.826 bits per heavy atom. The van der Waals surface area contributed by atoms with Crippen LogP contribution < -0.4 is 0 Å². The van der Waals surface area contributed by atoms with Crippen LogP contribution in [0.2, 0.25) is 0 Å². The molecule has 0 aliphatic heterocycles. The van der Waals surface area contributed by atoms with E-state index in [1.54, 1.807) is 0 Å². The molecule has 1 rings (SSSR count). The first-order valence-electron chi connectivity index (χ1n) is 9.38. The predicted octanol–water partition coefficient (Wildman–Crippen LogP) is 5.25. The van der Waals surface area contributed by atoms with Crippen molar-refractivity contribution in [1.82, 2.24) is 9.80 Å². The third-order valence-electron chi connectivity index (χ3n) is 3.66. The normalized spacial score (nSPS) is 10.0. The fourth-order valence-corrected chi connectivity index (χ4v) is 1.86. The predicted molar refractivity (Wildman–Crippen MR) is 107 cm³/mol. The van der Waals surface area contributed by atoms with E-state index in [1.807, 2.05) is 13.8 Å². The highest BCUT2D eigenvalue weighted by molar-refractivity contribution is 5.21. The van der Waals surface area contributed by atoms with Crippen molar-refractivity contribution >= 4 is 0 Å². The van der Waals surface area contributed by atoms with Gasteiger partial charge in [-0.25, -0.2) is 0 Å². The molecule has 0 heterocycles. The number of hydrogen-bond acceptors (Lipinski definition) is 2. The number of unbranched alkanes of at least 4 members (excludes halogenated alkanes) is 2. The second kappa shape index (κ2) is 17.5. The van der Waals surface area contributed by atoms with Gasteiger partial charge in [0.05, 0.1) is 0 Å². The van der Waals surface area contributed by atoms with Gasteiger partial charge in [0.25, 0.3) is 0 Å². The van der Waals surface area contributed by atoms with Gasteiger partial charge in [-0.1, -0.05) is 70.4 Å². The van der Waals surface area contributed by atoms with E-state index in [4.69, 9.17) is 0 Å². The SMILES string of the molecule is CC.CCCCCc1ccc(C)cc1.CCN(C)CCN(C)C. The molecule has 0 amide bonds. The van der Waals surface area contributed by atoms with Gasteiger partial charge in [0.2, 0.25) is 0 Å². The molecule has 0 saturated carbocycles. The van der Waals surface area contributed by atoms with E-state index in [-0.39, 0.29) is 0 Å². The second-order valence-corrected chi connectivity index (χ2v) is 6.14. The van der Waals surface area contributed by atoms with E-state index in [0.717, 1.165) is 13.1 Å². The highest BCUT2D eigenvalue weighted by Crippen LogP contribution is 2.07. The number of benzene rings is 1. The summed E-state index contributed by atoms with van der Waals surface area (Å²) in [6.45, 7) is 14.0. The van der Waals surface area contributed by atoms with E-state index in [1.165, 1.54) is 43.4 Å². The van der Waals surface area contributed by atoms with Crippen LogP contribution in [0.15, 0.2) is 24.3 Å². The van der Waals surface area contributed by atoms with Gasteiger partial charge in [0.1, 0.15) is 0 Å². The molecule has 0 bridgehead atoms.